The number of carbonyl (C=O) groups is 2. The molecule has 1 N–H and O–H groups in total. The van der Waals surface area contributed by atoms with Gasteiger partial charge in [-0.05, 0) is 67.3 Å². The number of nitrogens with zero attached hydrogens (tertiary/aromatic N) is 2. The van der Waals surface area contributed by atoms with E-state index in [1.165, 1.54) is 5.56 Å². The predicted molar refractivity (Wildman–Crippen MR) is 140 cm³/mol. The van der Waals surface area contributed by atoms with Crippen LogP contribution in [0.15, 0.2) is 30.3 Å². The van der Waals surface area contributed by atoms with Crippen molar-refractivity contribution < 1.29 is 28.5 Å². The van der Waals surface area contributed by atoms with E-state index in [4.69, 9.17) is 18.9 Å². The summed E-state index contributed by atoms with van der Waals surface area (Å²) in [4.78, 5) is 30.2. The van der Waals surface area contributed by atoms with Gasteiger partial charge in [0.25, 0.3) is 5.91 Å². The van der Waals surface area contributed by atoms with Crippen molar-refractivity contribution in [2.45, 2.75) is 25.8 Å². The lowest BCUT2D eigenvalue weighted by Gasteiger charge is -2.37. The van der Waals surface area contributed by atoms with Gasteiger partial charge in [0.1, 0.15) is 0 Å². The second-order valence-corrected chi connectivity index (χ2v) is 9.45. The zero-order valence-corrected chi connectivity index (χ0v) is 22.1. The third-order valence-corrected chi connectivity index (χ3v) is 7.23. The summed E-state index contributed by atoms with van der Waals surface area (Å²) < 4.78 is 21.5. The van der Waals surface area contributed by atoms with Gasteiger partial charge in [-0.2, -0.15) is 0 Å². The Bertz CT molecular complexity index is 1140. The van der Waals surface area contributed by atoms with Crippen LogP contribution < -0.4 is 24.3 Å². The molecule has 0 radical (unpaired) electrons. The first-order chi connectivity index (χ1) is 17.6. The molecule has 5 rings (SSSR count). The fourth-order valence-corrected chi connectivity index (χ4v) is 5.26. The van der Waals surface area contributed by atoms with Gasteiger partial charge in [-0.1, -0.05) is 0 Å². The molecular weight excluding hydrogens is 498 g/mol. The van der Waals surface area contributed by atoms with E-state index in [0.29, 0.717) is 55.5 Å². The van der Waals surface area contributed by atoms with Gasteiger partial charge in [0, 0.05) is 38.3 Å². The molecule has 0 aliphatic carbocycles. The summed E-state index contributed by atoms with van der Waals surface area (Å²) in [6, 6.07) is 9.21. The first kappa shape index (κ1) is 26.9. The van der Waals surface area contributed by atoms with Gasteiger partial charge in [0.05, 0.1) is 20.1 Å². The van der Waals surface area contributed by atoms with Gasteiger partial charge in [-0.3, -0.25) is 9.59 Å². The van der Waals surface area contributed by atoms with E-state index in [9.17, 15) is 9.59 Å². The van der Waals surface area contributed by atoms with E-state index in [-0.39, 0.29) is 36.9 Å². The molecule has 1 fully saturated rings. The number of methoxy groups -OCH3 is 2. The molecular formula is C27H34ClN3O6. The number of likely N-dealkylation sites (tertiary alicyclic amines) is 1. The monoisotopic (exact) mass is 531 g/mol. The molecule has 9 nitrogen and oxygen atoms in total. The Hall–Kier alpha value is -3.17. The minimum Gasteiger partial charge on any atom is -0.493 e. The van der Waals surface area contributed by atoms with Gasteiger partial charge in [0.15, 0.2) is 23.0 Å². The number of benzene rings is 2. The van der Waals surface area contributed by atoms with E-state index in [1.54, 1.807) is 32.4 Å². The minimum atomic E-state index is -0.142. The molecule has 3 aliphatic heterocycles. The van der Waals surface area contributed by atoms with Gasteiger partial charge < -0.3 is 34.1 Å². The van der Waals surface area contributed by atoms with E-state index in [2.05, 4.69) is 10.2 Å². The highest BCUT2D eigenvalue weighted by molar-refractivity contribution is 5.94. The Morgan fingerprint density at radius 1 is 1.03 bits per heavy atom. The molecule has 10 heteroatoms. The molecule has 200 valence electrons. The number of hydrogen-bond acceptors (Lipinski definition) is 7. The largest absolute Gasteiger partial charge is 0.493 e. The van der Waals surface area contributed by atoms with E-state index >= 15 is 0 Å². The highest BCUT2D eigenvalue weighted by Gasteiger charge is 2.31. The summed E-state index contributed by atoms with van der Waals surface area (Å²) in [7, 11) is 3.27. The molecule has 0 bridgehead atoms. The maximum absolute atomic E-state index is 13.4. The molecule has 2 aromatic carbocycles. The van der Waals surface area contributed by atoms with Crippen LogP contribution >= 0.6 is 12.4 Å². The summed E-state index contributed by atoms with van der Waals surface area (Å²) in [5, 5.41) is 2.98. The molecule has 0 saturated carbocycles. The van der Waals surface area contributed by atoms with Crippen molar-refractivity contribution >= 4 is 24.2 Å². The molecule has 3 heterocycles. The standard InChI is InChI=1S/C27H33N3O6.ClH/c1-33-23-12-18-7-10-30(16-21(18)14-24(23)34-2)27(32)20-4-3-9-29(15-20)11-8-28-26(31)19-5-6-22-25(13-19)36-17-35-22;/h5-6,12-14,20H,3-4,7-11,15-17H2,1-2H3,(H,28,31);1H. The van der Waals surface area contributed by atoms with Crippen LogP contribution in [0.2, 0.25) is 0 Å². The number of halogens is 1. The average molecular weight is 532 g/mol. The van der Waals surface area contributed by atoms with Crippen molar-refractivity contribution in [1.82, 2.24) is 15.1 Å². The molecule has 1 atom stereocenters. The van der Waals surface area contributed by atoms with Crippen LogP contribution in [0, 0.1) is 5.92 Å². The van der Waals surface area contributed by atoms with Crippen molar-refractivity contribution in [2.75, 3.05) is 53.7 Å². The summed E-state index contributed by atoms with van der Waals surface area (Å²) >= 11 is 0. The van der Waals surface area contributed by atoms with Gasteiger partial charge in [0.2, 0.25) is 12.7 Å². The quantitative estimate of drug-likeness (QED) is 0.587. The zero-order chi connectivity index (χ0) is 25.1. The first-order valence-corrected chi connectivity index (χ1v) is 12.5. The number of amides is 2. The molecule has 0 spiro atoms. The van der Waals surface area contributed by atoms with Crippen LogP contribution in [0.4, 0.5) is 0 Å². The van der Waals surface area contributed by atoms with Crippen molar-refractivity contribution in [2.24, 2.45) is 5.92 Å². The predicted octanol–water partition coefficient (Wildman–Crippen LogP) is 2.88. The lowest BCUT2D eigenvalue weighted by Crippen LogP contribution is -2.47. The SMILES string of the molecule is COc1cc2c(cc1OC)CN(C(=O)C1CCCN(CCNC(=O)c3ccc4c(c3)OCO4)C1)CC2.Cl. The van der Waals surface area contributed by atoms with Crippen LogP contribution in [-0.4, -0.2) is 75.4 Å². The molecule has 2 amide bonds. The second kappa shape index (κ2) is 11.9. The average Bonchev–Trinajstić information content (AvgIpc) is 3.39. The third-order valence-electron chi connectivity index (χ3n) is 7.23. The topological polar surface area (TPSA) is 89.6 Å². The number of nitrogens with one attached hydrogen (secondary N) is 1. The molecule has 2 aromatic rings. The molecule has 0 aromatic heterocycles. The number of hydrogen-bond donors (Lipinski definition) is 1. The first-order valence-electron chi connectivity index (χ1n) is 12.5. The Morgan fingerprint density at radius 3 is 2.57 bits per heavy atom. The lowest BCUT2D eigenvalue weighted by molar-refractivity contribution is -0.138. The highest BCUT2D eigenvalue weighted by Crippen LogP contribution is 2.34. The fraction of sp³-hybridized carbons (Fsp3) is 0.481. The minimum absolute atomic E-state index is 0. The van der Waals surface area contributed by atoms with Crippen molar-refractivity contribution in [1.29, 1.82) is 0 Å². The normalized spacial score (nSPS) is 18.4. The molecule has 1 unspecified atom stereocenters. The second-order valence-electron chi connectivity index (χ2n) is 9.45. The van der Waals surface area contributed by atoms with Crippen molar-refractivity contribution in [3.05, 3.63) is 47.0 Å². The Morgan fingerprint density at radius 2 is 1.78 bits per heavy atom. The van der Waals surface area contributed by atoms with E-state index < -0.39 is 0 Å². The molecule has 37 heavy (non-hydrogen) atoms. The number of piperidine rings is 1. The van der Waals surface area contributed by atoms with E-state index in [0.717, 1.165) is 37.1 Å². The zero-order valence-electron chi connectivity index (χ0n) is 21.3. The molecule has 3 aliphatic rings. The van der Waals surface area contributed by atoms with Gasteiger partial charge >= 0.3 is 0 Å². The Kier molecular flexibility index (Phi) is 8.66. The van der Waals surface area contributed by atoms with Crippen LogP contribution in [0.25, 0.3) is 0 Å². The number of ether oxygens (including phenoxy) is 4. The fourth-order valence-electron chi connectivity index (χ4n) is 5.26. The van der Waals surface area contributed by atoms with Crippen LogP contribution in [0.1, 0.15) is 34.3 Å². The highest BCUT2D eigenvalue weighted by atomic mass is 35.5. The van der Waals surface area contributed by atoms with Gasteiger partial charge in [-0.25, -0.2) is 0 Å². The van der Waals surface area contributed by atoms with Crippen molar-refractivity contribution in [3.8, 4) is 23.0 Å². The van der Waals surface area contributed by atoms with Crippen molar-refractivity contribution in [3.63, 3.8) is 0 Å². The number of rotatable bonds is 7. The number of carbonyl (C=O) groups excluding carboxylic acids is 2. The smallest absolute Gasteiger partial charge is 0.251 e. The maximum atomic E-state index is 13.4. The van der Waals surface area contributed by atoms with Crippen LogP contribution in [0.5, 0.6) is 23.0 Å². The lowest BCUT2D eigenvalue weighted by atomic mass is 9.93. The summed E-state index contributed by atoms with van der Waals surface area (Å²) in [5.74, 6) is 2.72. The van der Waals surface area contributed by atoms with Gasteiger partial charge in [-0.15, -0.1) is 12.4 Å². The maximum Gasteiger partial charge on any atom is 0.251 e. The van der Waals surface area contributed by atoms with Crippen LogP contribution in [-0.2, 0) is 17.8 Å². The third kappa shape index (κ3) is 5.88. The van der Waals surface area contributed by atoms with E-state index in [1.807, 2.05) is 17.0 Å². The summed E-state index contributed by atoms with van der Waals surface area (Å²) in [5.41, 5.74) is 2.87. The summed E-state index contributed by atoms with van der Waals surface area (Å²) in [6.45, 7) is 4.37. The Labute approximate surface area is 223 Å². The van der Waals surface area contributed by atoms with Crippen LogP contribution in [0.3, 0.4) is 0 Å². The number of fused-ring (bicyclic) bond motifs is 2. The summed E-state index contributed by atoms with van der Waals surface area (Å²) in [6.07, 6.45) is 2.68. The Balaban J connectivity index is 0.00000320. The molecule has 1 saturated heterocycles.